The molecule has 1 aromatic rings. The lowest BCUT2D eigenvalue weighted by atomic mass is 9.74. The number of rotatable bonds is 11. The van der Waals surface area contributed by atoms with Crippen LogP contribution in [0.25, 0.3) is 0 Å². The SMILES string of the molecule is CCCNCC(CC)(CCCOCC)c1ccccc1. The molecule has 0 bridgehead atoms. The van der Waals surface area contributed by atoms with Crippen LogP contribution >= 0.6 is 0 Å². The van der Waals surface area contributed by atoms with Gasteiger partial charge < -0.3 is 10.1 Å². The van der Waals surface area contributed by atoms with Crippen molar-refractivity contribution in [2.24, 2.45) is 0 Å². The van der Waals surface area contributed by atoms with Crippen LogP contribution < -0.4 is 5.32 Å². The van der Waals surface area contributed by atoms with Gasteiger partial charge in [0.15, 0.2) is 0 Å². The minimum absolute atomic E-state index is 0.244. The quantitative estimate of drug-likeness (QED) is 0.613. The van der Waals surface area contributed by atoms with Gasteiger partial charge in [0.2, 0.25) is 0 Å². The Hall–Kier alpha value is -0.860. The van der Waals surface area contributed by atoms with Gasteiger partial charge in [0.1, 0.15) is 0 Å². The third-order valence-corrected chi connectivity index (χ3v) is 4.10. The summed E-state index contributed by atoms with van der Waals surface area (Å²) < 4.78 is 5.51. The molecule has 0 aliphatic rings. The Morgan fingerprint density at radius 3 is 2.45 bits per heavy atom. The Morgan fingerprint density at radius 1 is 1.10 bits per heavy atom. The molecule has 0 aliphatic carbocycles. The molecule has 0 heterocycles. The molecule has 0 saturated heterocycles. The first kappa shape index (κ1) is 17.2. The summed E-state index contributed by atoms with van der Waals surface area (Å²) in [7, 11) is 0. The van der Waals surface area contributed by atoms with Crippen molar-refractivity contribution in [2.75, 3.05) is 26.3 Å². The van der Waals surface area contributed by atoms with E-state index in [0.717, 1.165) is 32.7 Å². The molecule has 0 fully saturated rings. The van der Waals surface area contributed by atoms with Gasteiger partial charge >= 0.3 is 0 Å². The standard InChI is InChI=1S/C18H31NO/c1-4-14-19-16-18(5-2,13-10-15-20-6-3)17-11-8-7-9-12-17/h7-9,11-12,19H,4-6,10,13-16H2,1-3H3. The van der Waals surface area contributed by atoms with E-state index < -0.39 is 0 Å². The zero-order valence-electron chi connectivity index (χ0n) is 13.5. The Balaban J connectivity index is 2.74. The lowest BCUT2D eigenvalue weighted by Gasteiger charge is -2.34. The lowest BCUT2D eigenvalue weighted by Crippen LogP contribution is -2.38. The van der Waals surface area contributed by atoms with Gasteiger partial charge in [0.25, 0.3) is 0 Å². The molecule has 20 heavy (non-hydrogen) atoms. The van der Waals surface area contributed by atoms with Gasteiger partial charge in [-0.3, -0.25) is 0 Å². The van der Waals surface area contributed by atoms with Crippen LogP contribution in [-0.2, 0) is 10.2 Å². The van der Waals surface area contributed by atoms with Crippen LogP contribution in [0.5, 0.6) is 0 Å². The molecule has 1 unspecified atom stereocenters. The maximum absolute atomic E-state index is 5.51. The van der Waals surface area contributed by atoms with Gasteiger partial charge in [-0.1, -0.05) is 44.2 Å². The molecule has 1 atom stereocenters. The first-order chi connectivity index (χ1) is 9.79. The van der Waals surface area contributed by atoms with Crippen molar-refractivity contribution in [3.8, 4) is 0 Å². The average Bonchev–Trinajstić information content (AvgIpc) is 2.51. The van der Waals surface area contributed by atoms with Crippen LogP contribution in [0.3, 0.4) is 0 Å². The molecule has 1 rings (SSSR count). The highest BCUT2D eigenvalue weighted by Gasteiger charge is 2.29. The smallest absolute Gasteiger partial charge is 0.0466 e. The molecule has 0 aliphatic heterocycles. The van der Waals surface area contributed by atoms with Gasteiger partial charge in [0, 0.05) is 25.2 Å². The monoisotopic (exact) mass is 277 g/mol. The molecule has 2 heteroatoms. The molecular formula is C18H31NO. The number of nitrogens with one attached hydrogen (secondary N) is 1. The van der Waals surface area contributed by atoms with E-state index in [0.29, 0.717) is 0 Å². The Bertz CT molecular complexity index is 339. The van der Waals surface area contributed by atoms with E-state index in [1.165, 1.54) is 24.8 Å². The third kappa shape index (κ3) is 5.26. The van der Waals surface area contributed by atoms with E-state index in [4.69, 9.17) is 4.74 Å². The zero-order chi connectivity index (χ0) is 14.7. The fraction of sp³-hybridized carbons (Fsp3) is 0.667. The van der Waals surface area contributed by atoms with Gasteiger partial charge in [-0.25, -0.2) is 0 Å². The topological polar surface area (TPSA) is 21.3 Å². The first-order valence-electron chi connectivity index (χ1n) is 8.13. The molecule has 2 nitrogen and oxygen atoms in total. The van der Waals surface area contributed by atoms with Gasteiger partial charge in [0.05, 0.1) is 0 Å². The Kier molecular flexibility index (Phi) is 8.56. The van der Waals surface area contributed by atoms with Crippen LogP contribution in [0.2, 0.25) is 0 Å². The van der Waals surface area contributed by atoms with Crippen LogP contribution in [0, 0.1) is 0 Å². The summed E-state index contributed by atoms with van der Waals surface area (Å²) in [5.74, 6) is 0. The number of benzene rings is 1. The summed E-state index contributed by atoms with van der Waals surface area (Å²) in [5, 5.41) is 3.63. The molecule has 0 spiro atoms. The number of hydrogen-bond donors (Lipinski definition) is 1. The average molecular weight is 277 g/mol. The predicted octanol–water partition coefficient (Wildman–Crippen LogP) is 4.15. The molecule has 114 valence electrons. The maximum Gasteiger partial charge on any atom is 0.0466 e. The summed E-state index contributed by atoms with van der Waals surface area (Å²) in [6.07, 6.45) is 4.67. The van der Waals surface area contributed by atoms with E-state index in [9.17, 15) is 0 Å². The maximum atomic E-state index is 5.51. The predicted molar refractivity (Wildman–Crippen MR) is 87.3 cm³/mol. The second-order valence-corrected chi connectivity index (χ2v) is 5.48. The molecule has 1 N–H and O–H groups in total. The van der Waals surface area contributed by atoms with Gasteiger partial charge in [-0.2, -0.15) is 0 Å². The molecule has 0 amide bonds. The van der Waals surface area contributed by atoms with Crippen molar-refractivity contribution in [1.29, 1.82) is 0 Å². The first-order valence-corrected chi connectivity index (χ1v) is 8.13. The molecule has 0 saturated carbocycles. The highest BCUT2D eigenvalue weighted by atomic mass is 16.5. The summed E-state index contributed by atoms with van der Waals surface area (Å²) >= 11 is 0. The normalized spacial score (nSPS) is 14.2. The van der Waals surface area contributed by atoms with Crippen molar-refractivity contribution in [1.82, 2.24) is 5.32 Å². The van der Waals surface area contributed by atoms with Crippen molar-refractivity contribution in [3.63, 3.8) is 0 Å². The van der Waals surface area contributed by atoms with E-state index in [-0.39, 0.29) is 5.41 Å². The second kappa shape index (κ2) is 9.95. The van der Waals surface area contributed by atoms with Crippen molar-refractivity contribution < 1.29 is 4.74 Å². The van der Waals surface area contributed by atoms with Crippen LogP contribution in [-0.4, -0.2) is 26.3 Å². The Labute approximate surface area is 124 Å². The van der Waals surface area contributed by atoms with E-state index >= 15 is 0 Å². The van der Waals surface area contributed by atoms with E-state index in [2.05, 4.69) is 56.4 Å². The highest BCUT2D eigenvalue weighted by molar-refractivity contribution is 5.25. The second-order valence-electron chi connectivity index (χ2n) is 5.48. The Morgan fingerprint density at radius 2 is 1.85 bits per heavy atom. The molecular weight excluding hydrogens is 246 g/mol. The lowest BCUT2D eigenvalue weighted by molar-refractivity contribution is 0.136. The minimum Gasteiger partial charge on any atom is -0.382 e. The summed E-state index contributed by atoms with van der Waals surface area (Å²) in [6.45, 7) is 10.4. The van der Waals surface area contributed by atoms with Gasteiger partial charge in [-0.05, 0) is 44.7 Å². The molecule has 0 radical (unpaired) electrons. The van der Waals surface area contributed by atoms with E-state index in [1.54, 1.807) is 0 Å². The largest absolute Gasteiger partial charge is 0.382 e. The third-order valence-electron chi connectivity index (χ3n) is 4.10. The van der Waals surface area contributed by atoms with Crippen molar-refractivity contribution >= 4 is 0 Å². The molecule has 0 aromatic heterocycles. The molecule has 1 aromatic carbocycles. The fourth-order valence-electron chi connectivity index (χ4n) is 2.79. The van der Waals surface area contributed by atoms with Crippen LogP contribution in [0.4, 0.5) is 0 Å². The van der Waals surface area contributed by atoms with Crippen molar-refractivity contribution in [3.05, 3.63) is 35.9 Å². The highest BCUT2D eigenvalue weighted by Crippen LogP contribution is 2.32. The number of hydrogen-bond acceptors (Lipinski definition) is 2. The van der Waals surface area contributed by atoms with Gasteiger partial charge in [-0.15, -0.1) is 0 Å². The fourth-order valence-corrected chi connectivity index (χ4v) is 2.79. The number of ether oxygens (including phenoxy) is 1. The van der Waals surface area contributed by atoms with Crippen LogP contribution in [0.1, 0.15) is 52.0 Å². The zero-order valence-corrected chi connectivity index (χ0v) is 13.5. The van der Waals surface area contributed by atoms with E-state index in [1.807, 2.05) is 0 Å². The summed E-state index contributed by atoms with van der Waals surface area (Å²) in [4.78, 5) is 0. The summed E-state index contributed by atoms with van der Waals surface area (Å²) in [5.41, 5.74) is 1.70. The van der Waals surface area contributed by atoms with Crippen molar-refractivity contribution in [2.45, 2.75) is 51.9 Å². The van der Waals surface area contributed by atoms with Crippen LogP contribution in [0.15, 0.2) is 30.3 Å². The minimum atomic E-state index is 0.244. The summed E-state index contributed by atoms with van der Waals surface area (Å²) in [6, 6.07) is 11.0.